The zero-order valence-corrected chi connectivity index (χ0v) is 24.4. The van der Waals surface area contributed by atoms with E-state index in [9.17, 15) is 30.8 Å². The first-order valence-corrected chi connectivity index (χ1v) is 15.3. The highest BCUT2D eigenvalue weighted by Gasteiger charge is 2.39. The van der Waals surface area contributed by atoms with Crippen LogP contribution in [0.3, 0.4) is 0 Å². The second-order valence-corrected chi connectivity index (χ2v) is 12.3. The lowest BCUT2D eigenvalue weighted by atomic mass is 10.1. The van der Waals surface area contributed by atoms with Gasteiger partial charge in [-0.2, -0.15) is 17.5 Å². The molecule has 13 heteroatoms. The van der Waals surface area contributed by atoms with E-state index in [4.69, 9.17) is 0 Å². The van der Waals surface area contributed by atoms with E-state index in [1.165, 1.54) is 24.3 Å². The van der Waals surface area contributed by atoms with Crippen molar-refractivity contribution < 1.29 is 30.8 Å². The summed E-state index contributed by atoms with van der Waals surface area (Å²) in [6.45, 7) is 2.07. The largest absolute Gasteiger partial charge is 0.416 e. The molecule has 1 aliphatic heterocycles. The summed E-state index contributed by atoms with van der Waals surface area (Å²) < 4.78 is 80.4. The average molecular weight is 628 g/mol. The topological polar surface area (TPSA) is 104 Å². The van der Waals surface area contributed by atoms with E-state index in [0.717, 1.165) is 34.1 Å². The van der Waals surface area contributed by atoms with Crippen LogP contribution in [0.1, 0.15) is 42.5 Å². The molecule has 0 bridgehead atoms. The maximum Gasteiger partial charge on any atom is 0.416 e. The molecule has 0 aliphatic carbocycles. The molecule has 1 fully saturated rings. The third-order valence-electron chi connectivity index (χ3n) is 7.36. The number of pyridine rings is 2. The van der Waals surface area contributed by atoms with Crippen molar-refractivity contribution in [1.82, 2.24) is 19.6 Å². The zero-order valence-electron chi connectivity index (χ0n) is 23.6. The highest BCUT2D eigenvalue weighted by atomic mass is 32.2. The standard InChI is InChI=1S/C31H29F4N5O3S/c1-20(22-12-14-36-15-13-22)38-29-18-21(17-27(39-29)23-4-6-24(7-5-23)31(33,34)35)19-37-30(41)28-3-2-16-40(28)44(42,43)26-10-8-25(32)9-11-26/h4-15,17-18,20,28H,2-3,16,19H2,1H3,(H,37,41)(H,38,39). The summed E-state index contributed by atoms with van der Waals surface area (Å²) in [7, 11) is -4.03. The van der Waals surface area contributed by atoms with E-state index in [0.29, 0.717) is 35.5 Å². The van der Waals surface area contributed by atoms with Gasteiger partial charge in [0.1, 0.15) is 17.7 Å². The maximum atomic E-state index is 13.4. The molecule has 0 radical (unpaired) electrons. The van der Waals surface area contributed by atoms with Crippen LogP contribution >= 0.6 is 0 Å². The number of carbonyl (C=O) groups is 1. The number of benzene rings is 2. The molecular formula is C31H29F4N5O3S. The molecule has 2 N–H and O–H groups in total. The van der Waals surface area contributed by atoms with Gasteiger partial charge in [0.2, 0.25) is 15.9 Å². The lowest BCUT2D eigenvalue weighted by molar-refractivity contribution is -0.137. The number of rotatable bonds is 9. The van der Waals surface area contributed by atoms with Gasteiger partial charge in [0, 0.05) is 31.0 Å². The van der Waals surface area contributed by atoms with Gasteiger partial charge in [-0.05, 0) is 91.6 Å². The van der Waals surface area contributed by atoms with E-state index in [1.807, 2.05) is 19.1 Å². The summed E-state index contributed by atoms with van der Waals surface area (Å²) in [4.78, 5) is 21.8. The SMILES string of the molecule is CC(Nc1cc(CNC(=O)C2CCCN2S(=O)(=O)c2ccc(F)cc2)cc(-c2ccc(C(F)(F)F)cc2)n1)c1ccncc1. The van der Waals surface area contributed by atoms with Crippen molar-refractivity contribution in [2.45, 2.75) is 49.5 Å². The average Bonchev–Trinajstić information content (AvgIpc) is 3.52. The van der Waals surface area contributed by atoms with Crippen molar-refractivity contribution >= 4 is 21.7 Å². The maximum absolute atomic E-state index is 13.4. The predicted molar refractivity (Wildman–Crippen MR) is 156 cm³/mol. The van der Waals surface area contributed by atoms with Crippen LogP contribution in [-0.2, 0) is 27.5 Å². The van der Waals surface area contributed by atoms with Gasteiger partial charge in [0.15, 0.2) is 0 Å². The van der Waals surface area contributed by atoms with Crippen LogP contribution < -0.4 is 10.6 Å². The van der Waals surface area contributed by atoms with Gasteiger partial charge in [-0.15, -0.1) is 0 Å². The summed E-state index contributed by atoms with van der Waals surface area (Å²) in [6.07, 6.45) is -0.377. The Kier molecular flexibility index (Phi) is 8.97. The number of anilines is 1. The Morgan fingerprint density at radius 1 is 1.02 bits per heavy atom. The van der Waals surface area contributed by atoms with Gasteiger partial charge in [-0.3, -0.25) is 9.78 Å². The van der Waals surface area contributed by atoms with E-state index < -0.39 is 39.5 Å². The minimum Gasteiger partial charge on any atom is -0.364 e. The van der Waals surface area contributed by atoms with Crippen LogP contribution in [-0.4, -0.2) is 41.2 Å². The second-order valence-electron chi connectivity index (χ2n) is 10.4. The van der Waals surface area contributed by atoms with Crippen molar-refractivity contribution in [1.29, 1.82) is 0 Å². The number of nitrogens with one attached hydrogen (secondary N) is 2. The fourth-order valence-corrected chi connectivity index (χ4v) is 6.69. The van der Waals surface area contributed by atoms with E-state index in [1.54, 1.807) is 24.5 Å². The Balaban J connectivity index is 1.38. The van der Waals surface area contributed by atoms with E-state index in [-0.39, 0.29) is 24.0 Å². The van der Waals surface area contributed by atoms with Crippen molar-refractivity contribution in [3.8, 4) is 11.3 Å². The molecule has 230 valence electrons. The smallest absolute Gasteiger partial charge is 0.364 e. The normalized spacial score (nSPS) is 16.4. The van der Waals surface area contributed by atoms with Gasteiger partial charge < -0.3 is 10.6 Å². The summed E-state index contributed by atoms with van der Waals surface area (Å²) in [6, 6.07) is 15.0. The minimum atomic E-state index is -4.48. The molecule has 1 aliphatic rings. The number of halogens is 4. The number of nitrogens with zero attached hydrogens (tertiary/aromatic N) is 3. The number of hydrogen-bond acceptors (Lipinski definition) is 6. The van der Waals surface area contributed by atoms with Gasteiger partial charge in [0.25, 0.3) is 0 Å². The summed E-state index contributed by atoms with van der Waals surface area (Å²) in [5.74, 6) is -0.644. The van der Waals surface area contributed by atoms with Gasteiger partial charge >= 0.3 is 6.18 Å². The molecule has 2 unspecified atom stereocenters. The molecule has 0 spiro atoms. The number of carbonyl (C=O) groups excluding carboxylic acids is 1. The molecule has 3 heterocycles. The van der Waals surface area contributed by atoms with Gasteiger partial charge in [-0.25, -0.2) is 17.8 Å². The van der Waals surface area contributed by atoms with Crippen LogP contribution in [0, 0.1) is 5.82 Å². The lowest BCUT2D eigenvalue weighted by Crippen LogP contribution is -2.45. The Bertz CT molecular complexity index is 1720. The Morgan fingerprint density at radius 3 is 2.36 bits per heavy atom. The van der Waals surface area contributed by atoms with Crippen LogP contribution in [0.15, 0.2) is 90.1 Å². The third-order valence-corrected chi connectivity index (χ3v) is 9.28. The number of hydrogen-bond donors (Lipinski definition) is 2. The Labute approximate surface area is 252 Å². The molecule has 0 saturated carbocycles. The van der Waals surface area contributed by atoms with Crippen molar-refractivity contribution in [3.05, 3.63) is 108 Å². The number of alkyl halides is 3. The minimum absolute atomic E-state index is 0.00818. The van der Waals surface area contributed by atoms with Gasteiger partial charge in [-0.1, -0.05) is 12.1 Å². The number of amides is 1. The quantitative estimate of drug-likeness (QED) is 0.223. The molecule has 1 saturated heterocycles. The summed E-state index contributed by atoms with van der Waals surface area (Å²) >= 11 is 0. The molecule has 8 nitrogen and oxygen atoms in total. The van der Waals surface area contributed by atoms with Gasteiger partial charge in [0.05, 0.1) is 22.2 Å². The molecule has 1 amide bonds. The highest BCUT2D eigenvalue weighted by molar-refractivity contribution is 7.89. The zero-order chi connectivity index (χ0) is 31.5. The van der Waals surface area contributed by atoms with Crippen molar-refractivity contribution in [2.24, 2.45) is 0 Å². The first-order valence-electron chi connectivity index (χ1n) is 13.8. The Hall–Kier alpha value is -4.36. The first kappa shape index (κ1) is 31.1. The fourth-order valence-electron chi connectivity index (χ4n) is 5.04. The van der Waals surface area contributed by atoms with Crippen molar-refractivity contribution in [3.63, 3.8) is 0 Å². The van der Waals surface area contributed by atoms with Crippen LogP contribution in [0.2, 0.25) is 0 Å². The fraction of sp³-hybridized carbons (Fsp3) is 0.258. The monoisotopic (exact) mass is 627 g/mol. The molecule has 2 aromatic heterocycles. The Morgan fingerprint density at radius 2 is 1.70 bits per heavy atom. The number of aromatic nitrogens is 2. The van der Waals surface area contributed by atoms with E-state index in [2.05, 4.69) is 20.6 Å². The van der Waals surface area contributed by atoms with Crippen LogP contribution in [0.5, 0.6) is 0 Å². The lowest BCUT2D eigenvalue weighted by Gasteiger charge is -2.23. The highest BCUT2D eigenvalue weighted by Crippen LogP contribution is 2.32. The molecule has 5 rings (SSSR count). The van der Waals surface area contributed by atoms with Crippen molar-refractivity contribution in [2.75, 3.05) is 11.9 Å². The summed E-state index contributed by atoms with van der Waals surface area (Å²) in [5, 5.41) is 6.10. The third kappa shape index (κ3) is 7.05. The van der Waals surface area contributed by atoms with E-state index >= 15 is 0 Å². The first-order chi connectivity index (χ1) is 20.9. The second kappa shape index (κ2) is 12.7. The molecule has 2 atom stereocenters. The number of sulfonamides is 1. The molecule has 2 aromatic carbocycles. The van der Waals surface area contributed by atoms with Crippen LogP contribution in [0.25, 0.3) is 11.3 Å². The molecule has 44 heavy (non-hydrogen) atoms. The molecule has 4 aromatic rings. The van der Waals surface area contributed by atoms with Crippen LogP contribution in [0.4, 0.5) is 23.4 Å². The molecular weight excluding hydrogens is 598 g/mol. The summed E-state index contributed by atoms with van der Waals surface area (Å²) in [5.41, 5.74) is 1.57. The predicted octanol–water partition coefficient (Wildman–Crippen LogP) is 5.94.